The molecule has 0 fully saturated rings. The molecule has 0 aliphatic rings. The van der Waals surface area contributed by atoms with Crippen molar-refractivity contribution in [1.29, 1.82) is 0 Å². The summed E-state index contributed by atoms with van der Waals surface area (Å²) < 4.78 is 10.7. The molecule has 1 aromatic heterocycles. The molecule has 0 radical (unpaired) electrons. The van der Waals surface area contributed by atoms with Crippen LogP contribution < -0.4 is 20.1 Å². The van der Waals surface area contributed by atoms with Gasteiger partial charge in [-0.1, -0.05) is 0 Å². The van der Waals surface area contributed by atoms with E-state index in [2.05, 4.69) is 15.6 Å². The lowest BCUT2D eigenvalue weighted by molar-refractivity contribution is -0.116. The van der Waals surface area contributed by atoms with Crippen molar-refractivity contribution in [2.45, 2.75) is 20.3 Å². The molecular formula is C22H23N3O4S. The summed E-state index contributed by atoms with van der Waals surface area (Å²) in [6.45, 7) is 3.98. The van der Waals surface area contributed by atoms with Crippen LogP contribution in [0, 0.1) is 0 Å². The van der Waals surface area contributed by atoms with Gasteiger partial charge in [0.1, 0.15) is 16.5 Å². The maximum atomic E-state index is 12.5. The van der Waals surface area contributed by atoms with E-state index in [0.717, 1.165) is 16.3 Å². The monoisotopic (exact) mass is 425 g/mol. The summed E-state index contributed by atoms with van der Waals surface area (Å²) in [4.78, 5) is 28.4. The van der Waals surface area contributed by atoms with E-state index < -0.39 is 0 Å². The minimum atomic E-state index is -0.221. The largest absolute Gasteiger partial charge is 0.495 e. The standard InChI is InChI=1S/C22H23N3O4S/c1-4-29-18-8-5-15(6-9-18)22-25-17(13-30-22)12-21(27)24-16-7-10-20(28-3)19(11-16)23-14(2)26/h5-11,13H,4,12H2,1-3H3,(H,23,26)(H,24,27). The third-order valence-corrected chi connectivity index (χ3v) is 5.04. The Balaban J connectivity index is 1.65. The Labute approximate surface area is 179 Å². The highest BCUT2D eigenvalue weighted by atomic mass is 32.1. The van der Waals surface area contributed by atoms with Gasteiger partial charge in [-0.25, -0.2) is 4.98 Å². The van der Waals surface area contributed by atoms with Gasteiger partial charge in [0, 0.05) is 23.6 Å². The number of aromatic nitrogens is 1. The van der Waals surface area contributed by atoms with Crippen LogP contribution in [0.2, 0.25) is 0 Å². The van der Waals surface area contributed by atoms with Crippen molar-refractivity contribution in [2.75, 3.05) is 24.4 Å². The molecule has 0 atom stereocenters. The molecule has 30 heavy (non-hydrogen) atoms. The van der Waals surface area contributed by atoms with Gasteiger partial charge >= 0.3 is 0 Å². The number of amides is 2. The average molecular weight is 426 g/mol. The molecule has 0 aliphatic heterocycles. The zero-order chi connectivity index (χ0) is 21.5. The van der Waals surface area contributed by atoms with E-state index in [9.17, 15) is 9.59 Å². The summed E-state index contributed by atoms with van der Waals surface area (Å²) in [6.07, 6.45) is 0.148. The topological polar surface area (TPSA) is 89.6 Å². The fourth-order valence-electron chi connectivity index (χ4n) is 2.82. The number of methoxy groups -OCH3 is 1. The third-order valence-electron chi connectivity index (χ3n) is 4.10. The minimum absolute atomic E-state index is 0.148. The van der Waals surface area contributed by atoms with Gasteiger partial charge < -0.3 is 20.1 Å². The molecule has 3 aromatic rings. The predicted molar refractivity (Wildman–Crippen MR) is 118 cm³/mol. The molecule has 0 spiro atoms. The zero-order valence-electron chi connectivity index (χ0n) is 17.0. The minimum Gasteiger partial charge on any atom is -0.495 e. The lowest BCUT2D eigenvalue weighted by atomic mass is 10.2. The van der Waals surface area contributed by atoms with Crippen LogP contribution in [0.5, 0.6) is 11.5 Å². The van der Waals surface area contributed by atoms with E-state index in [4.69, 9.17) is 9.47 Å². The summed E-state index contributed by atoms with van der Waals surface area (Å²) in [5.41, 5.74) is 2.72. The molecule has 1 heterocycles. The second-order valence-electron chi connectivity index (χ2n) is 6.42. The maximum absolute atomic E-state index is 12.5. The second kappa shape index (κ2) is 9.89. The van der Waals surface area contributed by atoms with Crippen LogP contribution in [0.25, 0.3) is 10.6 Å². The number of nitrogens with one attached hydrogen (secondary N) is 2. The number of carbonyl (C=O) groups is 2. The first-order valence-electron chi connectivity index (χ1n) is 9.41. The van der Waals surface area contributed by atoms with Crippen LogP contribution in [-0.2, 0) is 16.0 Å². The molecule has 2 aromatic carbocycles. The SMILES string of the molecule is CCOc1ccc(-c2nc(CC(=O)Nc3ccc(OC)c(NC(C)=O)c3)cs2)cc1. The summed E-state index contributed by atoms with van der Waals surface area (Å²) >= 11 is 1.49. The number of hydrogen-bond acceptors (Lipinski definition) is 6. The Morgan fingerprint density at radius 3 is 2.53 bits per heavy atom. The Morgan fingerprint density at radius 1 is 1.10 bits per heavy atom. The summed E-state index contributed by atoms with van der Waals surface area (Å²) in [6, 6.07) is 12.8. The van der Waals surface area contributed by atoms with Gasteiger partial charge in [0.2, 0.25) is 11.8 Å². The van der Waals surface area contributed by atoms with Crippen LogP contribution in [-0.4, -0.2) is 30.5 Å². The summed E-state index contributed by atoms with van der Waals surface area (Å²) in [5.74, 6) is 0.914. The lowest BCUT2D eigenvalue weighted by Crippen LogP contribution is -2.15. The number of ether oxygens (including phenoxy) is 2. The van der Waals surface area contributed by atoms with Crippen molar-refractivity contribution in [2.24, 2.45) is 0 Å². The molecule has 0 unspecified atom stereocenters. The van der Waals surface area contributed by atoms with Gasteiger partial charge in [-0.2, -0.15) is 0 Å². The number of rotatable bonds is 8. The van der Waals surface area contributed by atoms with E-state index in [1.165, 1.54) is 25.4 Å². The number of hydrogen-bond donors (Lipinski definition) is 2. The highest BCUT2D eigenvalue weighted by molar-refractivity contribution is 7.13. The van der Waals surface area contributed by atoms with E-state index in [1.807, 2.05) is 36.6 Å². The van der Waals surface area contributed by atoms with Crippen LogP contribution in [0.1, 0.15) is 19.5 Å². The highest BCUT2D eigenvalue weighted by Gasteiger charge is 2.12. The maximum Gasteiger partial charge on any atom is 0.230 e. The number of benzene rings is 2. The predicted octanol–water partition coefficient (Wildman–Crippen LogP) is 4.36. The first kappa shape index (κ1) is 21.3. The van der Waals surface area contributed by atoms with Gasteiger partial charge in [0.25, 0.3) is 0 Å². The Bertz CT molecular complexity index is 1030. The number of nitrogens with zero attached hydrogens (tertiary/aromatic N) is 1. The first-order valence-corrected chi connectivity index (χ1v) is 10.3. The molecule has 2 amide bonds. The summed E-state index contributed by atoms with van der Waals surface area (Å²) in [5, 5.41) is 8.24. The third kappa shape index (κ3) is 5.57. The second-order valence-corrected chi connectivity index (χ2v) is 7.28. The summed E-state index contributed by atoms with van der Waals surface area (Å²) in [7, 11) is 1.52. The molecule has 156 valence electrons. The molecule has 8 heteroatoms. The normalized spacial score (nSPS) is 10.4. The molecule has 0 bridgehead atoms. The average Bonchev–Trinajstić information content (AvgIpc) is 3.17. The molecular weight excluding hydrogens is 402 g/mol. The number of thiazole rings is 1. The van der Waals surface area contributed by atoms with Crippen LogP contribution >= 0.6 is 11.3 Å². The number of carbonyl (C=O) groups excluding carboxylic acids is 2. The Morgan fingerprint density at radius 2 is 1.87 bits per heavy atom. The van der Waals surface area contributed by atoms with Crippen LogP contribution in [0.4, 0.5) is 11.4 Å². The van der Waals surface area contributed by atoms with Gasteiger partial charge in [-0.3, -0.25) is 9.59 Å². The van der Waals surface area contributed by atoms with Crippen molar-refractivity contribution in [3.05, 3.63) is 53.5 Å². The van der Waals surface area contributed by atoms with Gasteiger partial charge in [-0.15, -0.1) is 11.3 Å². The fraction of sp³-hybridized carbons (Fsp3) is 0.227. The molecule has 7 nitrogen and oxygen atoms in total. The van der Waals surface area contributed by atoms with Crippen molar-refractivity contribution in [3.63, 3.8) is 0 Å². The van der Waals surface area contributed by atoms with E-state index in [-0.39, 0.29) is 18.2 Å². The zero-order valence-corrected chi connectivity index (χ0v) is 17.8. The van der Waals surface area contributed by atoms with E-state index in [0.29, 0.717) is 29.4 Å². The Kier molecular flexibility index (Phi) is 7.03. The van der Waals surface area contributed by atoms with E-state index in [1.54, 1.807) is 18.2 Å². The van der Waals surface area contributed by atoms with Gasteiger partial charge in [0.15, 0.2) is 0 Å². The van der Waals surface area contributed by atoms with Crippen molar-refractivity contribution in [3.8, 4) is 22.1 Å². The molecule has 0 saturated heterocycles. The first-order chi connectivity index (χ1) is 14.5. The smallest absolute Gasteiger partial charge is 0.230 e. The Hall–Kier alpha value is -3.39. The molecule has 3 rings (SSSR count). The highest BCUT2D eigenvalue weighted by Crippen LogP contribution is 2.28. The van der Waals surface area contributed by atoms with Crippen LogP contribution in [0.15, 0.2) is 47.8 Å². The van der Waals surface area contributed by atoms with Crippen molar-refractivity contribution < 1.29 is 19.1 Å². The molecule has 2 N–H and O–H groups in total. The van der Waals surface area contributed by atoms with Crippen LogP contribution in [0.3, 0.4) is 0 Å². The van der Waals surface area contributed by atoms with Crippen molar-refractivity contribution >= 4 is 34.5 Å². The quantitative estimate of drug-likeness (QED) is 0.560. The van der Waals surface area contributed by atoms with Gasteiger partial charge in [-0.05, 0) is 49.4 Å². The molecule has 0 aliphatic carbocycles. The van der Waals surface area contributed by atoms with Crippen molar-refractivity contribution in [1.82, 2.24) is 4.98 Å². The fourth-order valence-corrected chi connectivity index (χ4v) is 3.65. The molecule has 0 saturated carbocycles. The number of anilines is 2. The van der Waals surface area contributed by atoms with Gasteiger partial charge in [0.05, 0.1) is 31.5 Å². The van der Waals surface area contributed by atoms with E-state index >= 15 is 0 Å². The lowest BCUT2D eigenvalue weighted by Gasteiger charge is -2.11.